The first kappa shape index (κ1) is 12.9. The Hall–Kier alpha value is -0.580. The summed E-state index contributed by atoms with van der Waals surface area (Å²) in [5, 5.41) is 4.90. The predicted octanol–water partition coefficient (Wildman–Crippen LogP) is 2.17. The van der Waals surface area contributed by atoms with E-state index < -0.39 is 0 Å². The minimum Gasteiger partial charge on any atom is -0.375 e. The Kier molecular flexibility index (Phi) is 3.76. The van der Waals surface area contributed by atoms with Gasteiger partial charge in [0.1, 0.15) is 5.15 Å². The molecule has 0 bridgehead atoms. The largest absolute Gasteiger partial charge is 0.375 e. The fourth-order valence-electron chi connectivity index (χ4n) is 2.42. The summed E-state index contributed by atoms with van der Waals surface area (Å²) in [6, 6.07) is 0. The summed E-state index contributed by atoms with van der Waals surface area (Å²) in [4.78, 5) is 0. The van der Waals surface area contributed by atoms with Gasteiger partial charge >= 0.3 is 0 Å². The topological polar surface area (TPSA) is 53.1 Å². The molecule has 0 saturated heterocycles. The minimum atomic E-state index is -0.122. The molecule has 1 aliphatic carbocycles. The van der Waals surface area contributed by atoms with Crippen molar-refractivity contribution in [2.45, 2.75) is 44.8 Å². The Balaban J connectivity index is 1.89. The molecule has 1 aromatic heterocycles. The number of ether oxygens (including phenoxy) is 1. The van der Waals surface area contributed by atoms with Crippen molar-refractivity contribution in [2.24, 2.45) is 12.8 Å². The zero-order valence-corrected chi connectivity index (χ0v) is 11.3. The van der Waals surface area contributed by atoms with E-state index >= 15 is 0 Å². The lowest BCUT2D eigenvalue weighted by Crippen LogP contribution is -2.41. The molecule has 0 amide bonds. The van der Waals surface area contributed by atoms with Crippen molar-refractivity contribution in [3.8, 4) is 0 Å². The van der Waals surface area contributed by atoms with Gasteiger partial charge in [-0.2, -0.15) is 5.10 Å². The van der Waals surface area contributed by atoms with E-state index in [4.69, 9.17) is 22.1 Å². The quantitative estimate of drug-likeness (QED) is 0.900. The van der Waals surface area contributed by atoms with Crippen LogP contribution in [0.1, 0.15) is 36.9 Å². The third kappa shape index (κ3) is 2.81. The Morgan fingerprint density at radius 1 is 1.47 bits per heavy atom. The summed E-state index contributed by atoms with van der Waals surface area (Å²) in [5.41, 5.74) is 8.00. The van der Waals surface area contributed by atoms with E-state index in [1.54, 1.807) is 4.68 Å². The van der Waals surface area contributed by atoms with Crippen LogP contribution in [0.4, 0.5) is 0 Å². The number of aryl methyl sites for hydroxylation is 2. The van der Waals surface area contributed by atoms with Crippen LogP contribution in [0.5, 0.6) is 0 Å². The van der Waals surface area contributed by atoms with E-state index in [0.717, 1.165) is 24.1 Å². The molecule has 2 N–H and O–H groups in total. The lowest BCUT2D eigenvalue weighted by Gasteiger charge is -2.23. The standard InChI is InChI=1S/C12H20ClN3O/c1-9-10(11(13)16(2)15-9)7-17-8-12(14)5-3-4-6-12/h3-8,14H2,1-2H3. The number of halogens is 1. The average Bonchev–Trinajstić information content (AvgIpc) is 2.79. The molecule has 96 valence electrons. The molecular formula is C12H20ClN3O. The maximum absolute atomic E-state index is 6.23. The summed E-state index contributed by atoms with van der Waals surface area (Å²) in [6.07, 6.45) is 4.55. The SMILES string of the molecule is Cc1nn(C)c(Cl)c1COCC1(N)CCCC1. The highest BCUT2D eigenvalue weighted by Crippen LogP contribution is 2.28. The molecule has 5 heteroatoms. The van der Waals surface area contributed by atoms with Crippen LogP contribution in [0.15, 0.2) is 0 Å². The van der Waals surface area contributed by atoms with Gasteiger partial charge in [0.05, 0.1) is 18.9 Å². The third-order valence-corrected chi connectivity index (χ3v) is 3.98. The maximum atomic E-state index is 6.23. The van der Waals surface area contributed by atoms with Crippen molar-refractivity contribution in [2.75, 3.05) is 6.61 Å². The van der Waals surface area contributed by atoms with Gasteiger partial charge in [0.25, 0.3) is 0 Å². The van der Waals surface area contributed by atoms with Crippen LogP contribution >= 0.6 is 11.6 Å². The molecule has 0 radical (unpaired) electrons. The molecular weight excluding hydrogens is 238 g/mol. The van der Waals surface area contributed by atoms with Crippen molar-refractivity contribution in [1.29, 1.82) is 0 Å². The van der Waals surface area contributed by atoms with Crippen molar-refractivity contribution >= 4 is 11.6 Å². The molecule has 0 spiro atoms. The van der Waals surface area contributed by atoms with Crippen LogP contribution in [0, 0.1) is 6.92 Å². The number of rotatable bonds is 4. The molecule has 0 atom stereocenters. The summed E-state index contributed by atoms with van der Waals surface area (Å²) in [5.74, 6) is 0. The highest BCUT2D eigenvalue weighted by molar-refractivity contribution is 6.30. The van der Waals surface area contributed by atoms with E-state index in [0.29, 0.717) is 18.4 Å². The van der Waals surface area contributed by atoms with Gasteiger partial charge in [-0.3, -0.25) is 4.68 Å². The smallest absolute Gasteiger partial charge is 0.132 e. The number of hydrogen-bond donors (Lipinski definition) is 1. The second-order valence-electron chi connectivity index (χ2n) is 5.04. The van der Waals surface area contributed by atoms with E-state index in [-0.39, 0.29) is 5.54 Å². The first-order chi connectivity index (χ1) is 8.02. The Morgan fingerprint density at radius 2 is 2.12 bits per heavy atom. The number of aromatic nitrogens is 2. The second-order valence-corrected chi connectivity index (χ2v) is 5.40. The highest BCUT2D eigenvalue weighted by Gasteiger charge is 2.29. The Morgan fingerprint density at radius 3 is 2.65 bits per heavy atom. The van der Waals surface area contributed by atoms with Gasteiger partial charge in [0, 0.05) is 18.2 Å². The van der Waals surface area contributed by atoms with Gasteiger partial charge in [-0.05, 0) is 19.8 Å². The minimum absolute atomic E-state index is 0.122. The lowest BCUT2D eigenvalue weighted by molar-refractivity contribution is 0.0748. The summed E-state index contributed by atoms with van der Waals surface area (Å²) in [7, 11) is 1.83. The van der Waals surface area contributed by atoms with Crippen molar-refractivity contribution in [3.63, 3.8) is 0 Å². The molecule has 1 heterocycles. The van der Waals surface area contributed by atoms with Crippen LogP contribution in [-0.2, 0) is 18.4 Å². The first-order valence-corrected chi connectivity index (χ1v) is 6.44. The lowest BCUT2D eigenvalue weighted by atomic mass is 10.0. The van der Waals surface area contributed by atoms with E-state index in [1.165, 1.54) is 12.8 Å². The molecule has 17 heavy (non-hydrogen) atoms. The van der Waals surface area contributed by atoms with Gasteiger partial charge < -0.3 is 10.5 Å². The zero-order chi connectivity index (χ0) is 12.5. The second kappa shape index (κ2) is 4.96. The van der Waals surface area contributed by atoms with E-state index in [9.17, 15) is 0 Å². The number of nitrogens with two attached hydrogens (primary N) is 1. The van der Waals surface area contributed by atoms with Gasteiger partial charge in [-0.1, -0.05) is 24.4 Å². The van der Waals surface area contributed by atoms with Crippen LogP contribution in [-0.4, -0.2) is 21.9 Å². The number of nitrogens with zero attached hydrogens (tertiary/aromatic N) is 2. The average molecular weight is 258 g/mol. The van der Waals surface area contributed by atoms with Crippen LogP contribution in [0.25, 0.3) is 0 Å². The third-order valence-electron chi connectivity index (χ3n) is 3.51. The monoisotopic (exact) mass is 257 g/mol. The zero-order valence-electron chi connectivity index (χ0n) is 10.5. The molecule has 0 aromatic carbocycles. The normalized spacial score (nSPS) is 18.8. The van der Waals surface area contributed by atoms with Crippen LogP contribution < -0.4 is 5.73 Å². The van der Waals surface area contributed by atoms with Crippen molar-refractivity contribution in [1.82, 2.24) is 9.78 Å². The Bertz CT molecular complexity index is 397. The molecule has 1 fully saturated rings. The van der Waals surface area contributed by atoms with E-state index in [1.807, 2.05) is 14.0 Å². The fourth-order valence-corrected chi connectivity index (χ4v) is 2.65. The van der Waals surface area contributed by atoms with Crippen LogP contribution in [0.2, 0.25) is 5.15 Å². The van der Waals surface area contributed by atoms with Crippen molar-refractivity contribution in [3.05, 3.63) is 16.4 Å². The van der Waals surface area contributed by atoms with E-state index in [2.05, 4.69) is 5.10 Å². The first-order valence-electron chi connectivity index (χ1n) is 6.06. The highest BCUT2D eigenvalue weighted by atomic mass is 35.5. The molecule has 2 rings (SSSR count). The molecule has 0 aliphatic heterocycles. The summed E-state index contributed by atoms with van der Waals surface area (Å²) in [6.45, 7) is 3.05. The van der Waals surface area contributed by atoms with Gasteiger partial charge in [-0.15, -0.1) is 0 Å². The molecule has 0 unspecified atom stereocenters. The van der Waals surface area contributed by atoms with Crippen LogP contribution in [0.3, 0.4) is 0 Å². The fraction of sp³-hybridized carbons (Fsp3) is 0.750. The van der Waals surface area contributed by atoms with Crippen molar-refractivity contribution < 1.29 is 4.74 Å². The summed E-state index contributed by atoms with van der Waals surface area (Å²) >= 11 is 6.13. The Labute approximate surface area is 107 Å². The molecule has 4 nitrogen and oxygen atoms in total. The van der Waals surface area contributed by atoms with Gasteiger partial charge in [0.2, 0.25) is 0 Å². The van der Waals surface area contributed by atoms with Gasteiger partial charge in [0.15, 0.2) is 0 Å². The predicted molar refractivity (Wildman–Crippen MR) is 68.0 cm³/mol. The molecule has 1 saturated carbocycles. The number of hydrogen-bond acceptors (Lipinski definition) is 3. The molecule has 1 aliphatic rings. The maximum Gasteiger partial charge on any atom is 0.132 e. The van der Waals surface area contributed by atoms with Gasteiger partial charge in [-0.25, -0.2) is 0 Å². The summed E-state index contributed by atoms with van der Waals surface area (Å²) < 4.78 is 7.39. The molecule has 1 aromatic rings.